The van der Waals surface area contributed by atoms with Crippen molar-refractivity contribution in [1.82, 2.24) is 10.2 Å². The van der Waals surface area contributed by atoms with E-state index in [0.29, 0.717) is 28.8 Å². The fraction of sp³-hybridized carbons (Fsp3) is 0.286. The van der Waals surface area contributed by atoms with Crippen LogP contribution in [0.1, 0.15) is 23.2 Å². The number of carbonyl (C=O) groups excluding carboxylic acids is 2. The number of nitrogens with zero attached hydrogens (tertiary/aromatic N) is 2. The third-order valence-electron chi connectivity index (χ3n) is 2.68. The Morgan fingerprint density at radius 1 is 1.32 bits per heavy atom. The van der Waals surface area contributed by atoms with Gasteiger partial charge in [0.2, 0.25) is 11.8 Å². The van der Waals surface area contributed by atoms with Gasteiger partial charge in [-0.25, -0.2) is 4.79 Å². The number of para-hydroxylation sites is 1. The fourth-order valence-electron chi connectivity index (χ4n) is 1.63. The average molecular weight is 321 g/mol. The zero-order chi connectivity index (χ0) is 15.9. The molecule has 0 saturated heterocycles. The van der Waals surface area contributed by atoms with Crippen LogP contribution in [0.25, 0.3) is 0 Å². The molecule has 1 aromatic carbocycles. The molecule has 2 aromatic rings. The summed E-state index contributed by atoms with van der Waals surface area (Å²) in [5, 5.41) is 10.6. The normalized spacial score (nSPS) is 10.3. The maximum Gasteiger partial charge on any atom is 0.339 e. The molecule has 8 heteroatoms. The number of methoxy groups -OCH3 is 1. The third kappa shape index (κ3) is 4.08. The molecular formula is C14H15N3O4S. The van der Waals surface area contributed by atoms with Gasteiger partial charge >= 0.3 is 5.97 Å². The number of esters is 1. The summed E-state index contributed by atoms with van der Waals surface area (Å²) in [4.78, 5) is 23.6. The monoisotopic (exact) mass is 321 g/mol. The molecule has 1 aromatic heterocycles. The third-order valence-corrected chi connectivity index (χ3v) is 3.50. The molecule has 0 bridgehead atoms. The molecular weight excluding hydrogens is 306 g/mol. The van der Waals surface area contributed by atoms with Crippen LogP contribution in [0.3, 0.4) is 0 Å². The molecule has 1 N–H and O–H groups in total. The predicted molar refractivity (Wildman–Crippen MR) is 80.8 cm³/mol. The Labute approximate surface area is 131 Å². The Bertz CT molecular complexity index is 672. The predicted octanol–water partition coefficient (Wildman–Crippen LogP) is 2.15. The van der Waals surface area contributed by atoms with Crippen molar-refractivity contribution in [2.24, 2.45) is 0 Å². The number of nitrogens with one attached hydrogen (secondary N) is 1. The van der Waals surface area contributed by atoms with Crippen molar-refractivity contribution in [1.29, 1.82) is 0 Å². The lowest BCUT2D eigenvalue weighted by atomic mass is 10.2. The number of hydrogen-bond donors (Lipinski definition) is 1. The van der Waals surface area contributed by atoms with E-state index in [4.69, 9.17) is 4.42 Å². The summed E-state index contributed by atoms with van der Waals surface area (Å²) >= 11 is 1.14. The first-order valence-corrected chi connectivity index (χ1v) is 7.55. The molecule has 22 heavy (non-hydrogen) atoms. The van der Waals surface area contributed by atoms with E-state index in [-0.39, 0.29) is 11.7 Å². The van der Waals surface area contributed by atoms with Gasteiger partial charge in [0.15, 0.2) is 0 Å². The number of benzene rings is 1. The molecule has 116 valence electrons. The second-order valence-corrected chi connectivity index (χ2v) is 5.12. The van der Waals surface area contributed by atoms with Crippen LogP contribution in [-0.2, 0) is 16.0 Å². The number of thioether (sulfide) groups is 1. The van der Waals surface area contributed by atoms with Crippen LogP contribution in [0.4, 0.5) is 5.69 Å². The maximum absolute atomic E-state index is 12.0. The Hall–Kier alpha value is -2.35. The van der Waals surface area contributed by atoms with Crippen molar-refractivity contribution in [2.75, 3.05) is 18.2 Å². The molecule has 1 heterocycles. The lowest BCUT2D eigenvalue weighted by Crippen LogP contribution is -2.17. The molecule has 1 amide bonds. The summed E-state index contributed by atoms with van der Waals surface area (Å²) in [7, 11) is 1.29. The molecule has 0 radical (unpaired) electrons. The second kappa shape index (κ2) is 7.60. The highest BCUT2D eigenvalue weighted by atomic mass is 32.2. The maximum atomic E-state index is 12.0. The Morgan fingerprint density at radius 3 is 2.77 bits per heavy atom. The quantitative estimate of drug-likeness (QED) is 0.643. The lowest BCUT2D eigenvalue weighted by molar-refractivity contribution is -0.113. The van der Waals surface area contributed by atoms with Crippen LogP contribution in [0.5, 0.6) is 0 Å². The minimum absolute atomic E-state index is 0.0981. The highest BCUT2D eigenvalue weighted by molar-refractivity contribution is 7.99. The molecule has 0 fully saturated rings. The van der Waals surface area contributed by atoms with Crippen molar-refractivity contribution >= 4 is 29.3 Å². The van der Waals surface area contributed by atoms with Gasteiger partial charge < -0.3 is 14.5 Å². The molecule has 0 saturated carbocycles. The topological polar surface area (TPSA) is 94.3 Å². The summed E-state index contributed by atoms with van der Waals surface area (Å²) in [6.45, 7) is 1.90. The molecule has 0 atom stereocenters. The largest absolute Gasteiger partial charge is 0.465 e. The van der Waals surface area contributed by atoms with Crippen LogP contribution in [0, 0.1) is 0 Å². The van der Waals surface area contributed by atoms with E-state index in [9.17, 15) is 9.59 Å². The summed E-state index contributed by atoms with van der Waals surface area (Å²) in [6, 6.07) is 6.64. The van der Waals surface area contributed by atoms with Gasteiger partial charge in [-0.05, 0) is 12.1 Å². The van der Waals surface area contributed by atoms with E-state index in [2.05, 4.69) is 20.3 Å². The van der Waals surface area contributed by atoms with Gasteiger partial charge in [-0.15, -0.1) is 10.2 Å². The van der Waals surface area contributed by atoms with Gasteiger partial charge in [0.25, 0.3) is 5.22 Å². The van der Waals surface area contributed by atoms with Crippen LogP contribution in [0.15, 0.2) is 33.9 Å². The number of ether oxygens (including phenoxy) is 1. The molecule has 0 aliphatic rings. The Morgan fingerprint density at radius 2 is 2.09 bits per heavy atom. The number of hydrogen-bond acceptors (Lipinski definition) is 7. The number of rotatable bonds is 6. The molecule has 0 aliphatic carbocycles. The average Bonchev–Trinajstić information content (AvgIpc) is 3.01. The summed E-state index contributed by atoms with van der Waals surface area (Å²) in [5.41, 5.74) is 0.703. The standard InChI is InChI=1S/C14H15N3O4S/c1-3-12-16-17-14(21-12)22-8-11(18)15-10-7-5-4-6-9(10)13(19)20-2/h4-7H,3,8H2,1-2H3,(H,15,18). The number of aromatic nitrogens is 2. The number of anilines is 1. The number of amides is 1. The van der Waals surface area contributed by atoms with E-state index in [1.54, 1.807) is 24.3 Å². The van der Waals surface area contributed by atoms with Gasteiger partial charge in [-0.1, -0.05) is 30.8 Å². The highest BCUT2D eigenvalue weighted by Gasteiger charge is 2.14. The molecule has 0 aliphatic heterocycles. The first kappa shape index (κ1) is 16.0. The van der Waals surface area contributed by atoms with Crippen LogP contribution in [-0.4, -0.2) is 34.9 Å². The minimum atomic E-state index is -0.506. The van der Waals surface area contributed by atoms with Crippen LogP contribution in [0.2, 0.25) is 0 Å². The SMILES string of the molecule is CCc1nnc(SCC(=O)Nc2ccccc2C(=O)OC)o1. The summed E-state index contributed by atoms with van der Waals surface area (Å²) in [5.74, 6) is -0.162. The van der Waals surface area contributed by atoms with Crippen molar-refractivity contribution in [2.45, 2.75) is 18.6 Å². The molecule has 2 rings (SSSR count). The first-order chi connectivity index (χ1) is 10.6. The van der Waals surface area contributed by atoms with Crippen LogP contribution >= 0.6 is 11.8 Å². The van der Waals surface area contributed by atoms with E-state index in [1.165, 1.54) is 7.11 Å². The van der Waals surface area contributed by atoms with E-state index < -0.39 is 5.97 Å². The van der Waals surface area contributed by atoms with Crippen molar-refractivity contribution < 1.29 is 18.7 Å². The van der Waals surface area contributed by atoms with Crippen molar-refractivity contribution in [3.8, 4) is 0 Å². The second-order valence-electron chi connectivity index (χ2n) is 4.19. The van der Waals surface area contributed by atoms with Crippen LogP contribution < -0.4 is 5.32 Å². The number of carbonyl (C=O) groups is 2. The zero-order valence-corrected chi connectivity index (χ0v) is 13.0. The molecule has 0 unspecified atom stereocenters. The smallest absolute Gasteiger partial charge is 0.339 e. The summed E-state index contributed by atoms with van der Waals surface area (Å²) < 4.78 is 9.97. The van der Waals surface area contributed by atoms with E-state index >= 15 is 0 Å². The van der Waals surface area contributed by atoms with Crippen molar-refractivity contribution in [3.63, 3.8) is 0 Å². The van der Waals surface area contributed by atoms with Gasteiger partial charge in [0.05, 0.1) is 24.1 Å². The van der Waals surface area contributed by atoms with E-state index in [0.717, 1.165) is 11.8 Å². The highest BCUT2D eigenvalue weighted by Crippen LogP contribution is 2.19. The minimum Gasteiger partial charge on any atom is -0.465 e. The Kier molecular flexibility index (Phi) is 5.54. The fourth-order valence-corrected chi connectivity index (χ4v) is 2.21. The van der Waals surface area contributed by atoms with Gasteiger partial charge in [-0.2, -0.15) is 0 Å². The molecule has 0 spiro atoms. The zero-order valence-electron chi connectivity index (χ0n) is 12.2. The molecule has 7 nitrogen and oxygen atoms in total. The van der Waals surface area contributed by atoms with Gasteiger partial charge in [0, 0.05) is 6.42 Å². The Balaban J connectivity index is 1.96. The number of aryl methyl sites for hydroxylation is 1. The van der Waals surface area contributed by atoms with E-state index in [1.807, 2.05) is 6.92 Å². The summed E-state index contributed by atoms with van der Waals surface area (Å²) in [6.07, 6.45) is 0.645. The van der Waals surface area contributed by atoms with Gasteiger partial charge in [0.1, 0.15) is 0 Å². The first-order valence-electron chi connectivity index (χ1n) is 6.56. The van der Waals surface area contributed by atoms with Gasteiger partial charge in [-0.3, -0.25) is 4.79 Å². The lowest BCUT2D eigenvalue weighted by Gasteiger charge is -2.08. The van der Waals surface area contributed by atoms with Crippen molar-refractivity contribution in [3.05, 3.63) is 35.7 Å².